The van der Waals surface area contributed by atoms with Gasteiger partial charge in [-0.2, -0.15) is 0 Å². The van der Waals surface area contributed by atoms with Gasteiger partial charge in [-0.3, -0.25) is 4.79 Å². The number of para-hydroxylation sites is 2. The Morgan fingerprint density at radius 3 is 2.78 bits per heavy atom. The summed E-state index contributed by atoms with van der Waals surface area (Å²) in [5.41, 5.74) is 9.70. The van der Waals surface area contributed by atoms with Crippen molar-refractivity contribution >= 4 is 40.5 Å². The topological polar surface area (TPSA) is 71.8 Å². The predicted molar refractivity (Wildman–Crippen MR) is 96.8 cm³/mol. The van der Waals surface area contributed by atoms with Gasteiger partial charge >= 0.3 is 0 Å². The lowest BCUT2D eigenvalue weighted by molar-refractivity contribution is -0.115. The van der Waals surface area contributed by atoms with Crippen LogP contribution in [-0.2, 0) is 10.5 Å². The second-order valence-corrected chi connectivity index (χ2v) is 7.12. The fraction of sp³-hybridized carbons (Fsp3) is 0.176. The van der Waals surface area contributed by atoms with E-state index in [4.69, 9.17) is 5.73 Å². The molecule has 3 aromatic rings. The number of nitrogens with one attached hydrogen (secondary N) is 1. The summed E-state index contributed by atoms with van der Waals surface area (Å²) < 4.78 is 0. The number of aromatic amines is 1. The van der Waals surface area contributed by atoms with Crippen LogP contribution in [0, 0.1) is 6.92 Å². The monoisotopic (exact) mass is 343 g/mol. The molecule has 118 valence electrons. The molecule has 0 fully saturated rings. The molecule has 0 saturated heterocycles. The summed E-state index contributed by atoms with van der Waals surface area (Å²) in [5.74, 6) is 0.842. The van der Waals surface area contributed by atoms with Crippen LogP contribution in [0.2, 0.25) is 0 Å². The van der Waals surface area contributed by atoms with Crippen molar-refractivity contribution in [3.63, 3.8) is 0 Å². The van der Waals surface area contributed by atoms with Crippen LogP contribution in [0.5, 0.6) is 0 Å². The normalized spacial score (nSPS) is 11.0. The molecule has 0 unspecified atom stereocenters. The Labute approximate surface area is 143 Å². The molecule has 1 heterocycles. The van der Waals surface area contributed by atoms with E-state index in [0.29, 0.717) is 5.75 Å². The molecule has 0 spiro atoms. The average molecular weight is 343 g/mol. The zero-order valence-corrected chi connectivity index (χ0v) is 14.3. The summed E-state index contributed by atoms with van der Waals surface area (Å²) in [6, 6.07) is 14.2. The van der Waals surface area contributed by atoms with Crippen LogP contribution in [0.1, 0.15) is 11.1 Å². The highest BCUT2D eigenvalue weighted by Gasteiger charge is 2.08. The number of hydrogen-bond acceptors (Lipinski definition) is 4. The number of fused-ring (bicyclic) bond motifs is 1. The average Bonchev–Trinajstić information content (AvgIpc) is 2.95. The summed E-state index contributed by atoms with van der Waals surface area (Å²) in [7, 11) is 0. The van der Waals surface area contributed by atoms with Gasteiger partial charge in [-0.05, 0) is 36.2 Å². The minimum atomic E-state index is -0.295. The number of thioether (sulfide) groups is 2. The minimum Gasteiger partial charge on any atom is -0.369 e. The highest BCUT2D eigenvalue weighted by molar-refractivity contribution is 8.00. The molecular formula is C17H17N3OS2. The van der Waals surface area contributed by atoms with E-state index in [1.54, 1.807) is 11.8 Å². The van der Waals surface area contributed by atoms with Gasteiger partial charge in [-0.1, -0.05) is 36.0 Å². The molecule has 0 radical (unpaired) electrons. The molecule has 4 nitrogen and oxygen atoms in total. The first-order chi connectivity index (χ1) is 11.1. The standard InChI is InChI=1S/C17H17N3OS2/c1-11-12(5-4-8-15(11)22-10-16(18)21)9-23-17-19-13-6-2-3-7-14(13)20-17/h2-8H,9-10H2,1H3,(H2,18,21)(H,19,20). The molecule has 2 aromatic carbocycles. The smallest absolute Gasteiger partial charge is 0.227 e. The summed E-state index contributed by atoms with van der Waals surface area (Å²) in [6.45, 7) is 2.08. The van der Waals surface area contributed by atoms with Gasteiger partial charge < -0.3 is 10.7 Å². The number of nitrogens with zero attached hydrogens (tertiary/aromatic N) is 1. The minimum absolute atomic E-state index is 0.295. The van der Waals surface area contributed by atoms with Crippen molar-refractivity contribution < 1.29 is 4.79 Å². The molecule has 0 aliphatic heterocycles. The highest BCUT2D eigenvalue weighted by Crippen LogP contribution is 2.29. The van der Waals surface area contributed by atoms with E-state index in [-0.39, 0.29) is 5.91 Å². The third-order valence-electron chi connectivity index (χ3n) is 3.50. The van der Waals surface area contributed by atoms with Crippen LogP contribution in [0.15, 0.2) is 52.5 Å². The highest BCUT2D eigenvalue weighted by atomic mass is 32.2. The Kier molecular flexibility index (Phi) is 4.93. The number of imidazole rings is 1. The maximum atomic E-state index is 10.9. The third kappa shape index (κ3) is 3.89. The molecule has 1 aromatic heterocycles. The molecular weight excluding hydrogens is 326 g/mol. The van der Waals surface area contributed by atoms with E-state index in [2.05, 4.69) is 23.0 Å². The lowest BCUT2D eigenvalue weighted by Gasteiger charge is -2.09. The van der Waals surface area contributed by atoms with E-state index >= 15 is 0 Å². The summed E-state index contributed by atoms with van der Waals surface area (Å²) >= 11 is 3.17. The Hall–Kier alpha value is -1.92. The maximum Gasteiger partial charge on any atom is 0.227 e. The van der Waals surface area contributed by atoms with Gasteiger partial charge in [0.15, 0.2) is 5.16 Å². The van der Waals surface area contributed by atoms with Crippen LogP contribution < -0.4 is 5.73 Å². The Morgan fingerprint density at radius 2 is 2.00 bits per heavy atom. The van der Waals surface area contributed by atoms with E-state index in [0.717, 1.165) is 26.8 Å². The fourth-order valence-corrected chi connectivity index (χ4v) is 4.04. The van der Waals surface area contributed by atoms with Crippen molar-refractivity contribution in [3.05, 3.63) is 53.6 Å². The number of carbonyl (C=O) groups excluding carboxylic acids is 1. The zero-order valence-electron chi connectivity index (χ0n) is 12.7. The number of benzene rings is 2. The first kappa shape index (κ1) is 16.0. The second-order valence-electron chi connectivity index (χ2n) is 5.14. The Bertz CT molecular complexity index is 812. The molecule has 0 aliphatic rings. The number of amides is 1. The maximum absolute atomic E-state index is 10.9. The zero-order chi connectivity index (χ0) is 16.2. The third-order valence-corrected chi connectivity index (χ3v) is 5.60. The van der Waals surface area contributed by atoms with Crippen LogP contribution in [-0.4, -0.2) is 21.6 Å². The van der Waals surface area contributed by atoms with Crippen molar-refractivity contribution in [1.29, 1.82) is 0 Å². The van der Waals surface area contributed by atoms with Crippen molar-refractivity contribution in [2.24, 2.45) is 5.73 Å². The van der Waals surface area contributed by atoms with Crippen molar-refractivity contribution in [1.82, 2.24) is 9.97 Å². The summed E-state index contributed by atoms with van der Waals surface area (Å²) in [6.07, 6.45) is 0. The van der Waals surface area contributed by atoms with E-state index in [1.165, 1.54) is 22.9 Å². The van der Waals surface area contributed by atoms with Crippen molar-refractivity contribution in [3.8, 4) is 0 Å². The van der Waals surface area contributed by atoms with Gasteiger partial charge in [0, 0.05) is 10.6 Å². The molecule has 23 heavy (non-hydrogen) atoms. The second kappa shape index (κ2) is 7.10. The van der Waals surface area contributed by atoms with Crippen LogP contribution in [0.25, 0.3) is 11.0 Å². The van der Waals surface area contributed by atoms with Crippen molar-refractivity contribution in [2.75, 3.05) is 5.75 Å². The molecule has 0 saturated carbocycles. The number of primary amides is 1. The van der Waals surface area contributed by atoms with E-state index < -0.39 is 0 Å². The predicted octanol–water partition coefficient (Wildman–Crippen LogP) is 3.74. The Morgan fingerprint density at radius 1 is 1.17 bits per heavy atom. The molecule has 0 bridgehead atoms. The van der Waals surface area contributed by atoms with Crippen molar-refractivity contribution in [2.45, 2.75) is 22.7 Å². The van der Waals surface area contributed by atoms with Crippen LogP contribution in [0.4, 0.5) is 0 Å². The lowest BCUT2D eigenvalue weighted by atomic mass is 10.1. The van der Waals surface area contributed by atoms with E-state index in [1.807, 2.05) is 36.4 Å². The number of rotatable bonds is 6. The van der Waals surface area contributed by atoms with Crippen LogP contribution in [0.3, 0.4) is 0 Å². The molecule has 6 heteroatoms. The number of nitrogens with two attached hydrogens (primary N) is 1. The fourth-order valence-electron chi connectivity index (χ4n) is 2.27. The number of hydrogen-bond donors (Lipinski definition) is 2. The van der Waals surface area contributed by atoms with Gasteiger partial charge in [0.1, 0.15) is 0 Å². The molecule has 1 amide bonds. The number of carbonyl (C=O) groups is 1. The largest absolute Gasteiger partial charge is 0.369 e. The number of aromatic nitrogens is 2. The van der Waals surface area contributed by atoms with Gasteiger partial charge in [-0.15, -0.1) is 11.8 Å². The number of H-pyrrole nitrogens is 1. The lowest BCUT2D eigenvalue weighted by Crippen LogP contribution is -2.13. The summed E-state index contributed by atoms with van der Waals surface area (Å²) in [4.78, 5) is 20.0. The van der Waals surface area contributed by atoms with Gasteiger partial charge in [0.2, 0.25) is 5.91 Å². The van der Waals surface area contributed by atoms with Gasteiger partial charge in [-0.25, -0.2) is 4.98 Å². The SMILES string of the molecule is Cc1c(CSc2nc3ccccc3[nH]2)cccc1SCC(N)=O. The van der Waals surface area contributed by atoms with Gasteiger partial charge in [0.25, 0.3) is 0 Å². The molecule has 0 atom stereocenters. The summed E-state index contributed by atoms with van der Waals surface area (Å²) in [5, 5.41) is 0.917. The Balaban J connectivity index is 1.72. The molecule has 0 aliphatic carbocycles. The molecule has 3 rings (SSSR count). The van der Waals surface area contributed by atoms with E-state index in [9.17, 15) is 4.79 Å². The van der Waals surface area contributed by atoms with Gasteiger partial charge in [0.05, 0.1) is 16.8 Å². The first-order valence-corrected chi connectivity index (χ1v) is 9.18. The first-order valence-electron chi connectivity index (χ1n) is 7.20. The van der Waals surface area contributed by atoms with Crippen LogP contribution >= 0.6 is 23.5 Å². The molecule has 3 N–H and O–H groups in total. The quantitative estimate of drug-likeness (QED) is 0.669.